The van der Waals surface area contributed by atoms with Crippen LogP contribution in [0.4, 0.5) is 0 Å². The Morgan fingerprint density at radius 1 is 1.28 bits per heavy atom. The highest BCUT2D eigenvalue weighted by Crippen LogP contribution is 2.31. The molecule has 2 aromatic carbocycles. The third kappa shape index (κ3) is 4.78. The molecular weight excluding hydrogens is 406 g/mol. The minimum absolute atomic E-state index is 0.000544. The highest BCUT2D eigenvalue weighted by molar-refractivity contribution is 5.82. The smallest absolute Gasteiger partial charge is 0.317 e. The van der Waals surface area contributed by atoms with Crippen molar-refractivity contribution in [3.63, 3.8) is 0 Å². The fraction of sp³-hybridized carbons (Fsp3) is 0.360. The topological polar surface area (TPSA) is 76.8 Å². The van der Waals surface area contributed by atoms with E-state index in [1.54, 1.807) is 11.9 Å². The Labute approximate surface area is 187 Å². The molecule has 0 aliphatic carbocycles. The second-order valence-electron chi connectivity index (χ2n) is 8.62. The molecule has 2 heterocycles. The Morgan fingerprint density at radius 2 is 2.09 bits per heavy atom. The SMILES string of the molecule is Cc1nn(C(C)C)c2ccc(COc3ccc4c(c3)OCC(CN(C)CC(=O)O)=C4)cc12. The van der Waals surface area contributed by atoms with Crippen molar-refractivity contribution in [2.24, 2.45) is 0 Å². The molecule has 0 bridgehead atoms. The molecule has 7 heteroatoms. The first-order chi connectivity index (χ1) is 15.3. The molecule has 168 valence electrons. The summed E-state index contributed by atoms with van der Waals surface area (Å²) in [4.78, 5) is 12.6. The molecule has 1 aromatic heterocycles. The molecule has 32 heavy (non-hydrogen) atoms. The standard InChI is InChI=1S/C25H29N3O4/c1-16(2)28-23-8-5-18(10-22(23)17(3)26-28)14-31-21-7-6-20-9-19(15-32-24(20)11-21)12-27(4)13-25(29)30/h5-11,16H,12-15H2,1-4H3,(H,29,30). The van der Waals surface area contributed by atoms with E-state index in [9.17, 15) is 4.79 Å². The van der Waals surface area contributed by atoms with Crippen LogP contribution in [0.5, 0.6) is 11.5 Å². The van der Waals surface area contributed by atoms with Crippen molar-refractivity contribution in [2.45, 2.75) is 33.4 Å². The van der Waals surface area contributed by atoms with Gasteiger partial charge in [0.25, 0.3) is 0 Å². The van der Waals surface area contributed by atoms with Gasteiger partial charge in [-0.15, -0.1) is 0 Å². The number of fused-ring (bicyclic) bond motifs is 2. The van der Waals surface area contributed by atoms with E-state index in [0.717, 1.165) is 44.8 Å². The Hall–Kier alpha value is -3.32. The molecule has 0 amide bonds. The zero-order chi connectivity index (χ0) is 22.8. The first-order valence-corrected chi connectivity index (χ1v) is 10.8. The van der Waals surface area contributed by atoms with Crippen LogP contribution in [0.2, 0.25) is 0 Å². The molecular formula is C25H29N3O4. The lowest BCUT2D eigenvalue weighted by Gasteiger charge is -2.22. The Kier molecular flexibility index (Phi) is 6.19. The maximum atomic E-state index is 10.8. The maximum absolute atomic E-state index is 10.8. The van der Waals surface area contributed by atoms with Gasteiger partial charge in [-0.3, -0.25) is 14.4 Å². The molecule has 0 radical (unpaired) electrons. The minimum Gasteiger partial charge on any atom is -0.489 e. The minimum atomic E-state index is -0.838. The maximum Gasteiger partial charge on any atom is 0.317 e. The van der Waals surface area contributed by atoms with E-state index >= 15 is 0 Å². The van der Waals surface area contributed by atoms with E-state index < -0.39 is 5.97 Å². The molecule has 0 spiro atoms. The van der Waals surface area contributed by atoms with Gasteiger partial charge in [0, 0.05) is 29.6 Å². The number of carboxylic acid groups (broad SMARTS) is 1. The normalized spacial score (nSPS) is 13.2. The van der Waals surface area contributed by atoms with Gasteiger partial charge in [-0.2, -0.15) is 5.10 Å². The summed E-state index contributed by atoms with van der Waals surface area (Å²) < 4.78 is 14.0. The molecule has 7 nitrogen and oxygen atoms in total. The Bertz CT molecular complexity index is 1180. The van der Waals surface area contributed by atoms with Crippen LogP contribution in [0, 0.1) is 6.92 Å². The van der Waals surface area contributed by atoms with Gasteiger partial charge < -0.3 is 14.6 Å². The van der Waals surface area contributed by atoms with Gasteiger partial charge in [0.1, 0.15) is 24.7 Å². The second kappa shape index (κ2) is 9.04. The average molecular weight is 436 g/mol. The first-order valence-electron chi connectivity index (χ1n) is 10.8. The molecule has 0 saturated carbocycles. The van der Waals surface area contributed by atoms with Gasteiger partial charge in [0.15, 0.2) is 0 Å². The molecule has 4 rings (SSSR count). The van der Waals surface area contributed by atoms with Crippen molar-refractivity contribution in [2.75, 3.05) is 26.7 Å². The predicted molar refractivity (Wildman–Crippen MR) is 124 cm³/mol. The van der Waals surface area contributed by atoms with Gasteiger partial charge in [0.05, 0.1) is 17.8 Å². The lowest BCUT2D eigenvalue weighted by Crippen LogP contribution is -2.29. The van der Waals surface area contributed by atoms with Crippen molar-refractivity contribution < 1.29 is 19.4 Å². The molecule has 1 aliphatic heterocycles. The van der Waals surface area contributed by atoms with E-state index in [4.69, 9.17) is 14.6 Å². The summed E-state index contributed by atoms with van der Waals surface area (Å²) in [7, 11) is 1.79. The molecule has 0 unspecified atom stereocenters. The molecule has 0 saturated heterocycles. The van der Waals surface area contributed by atoms with E-state index in [2.05, 4.69) is 47.9 Å². The fourth-order valence-electron chi connectivity index (χ4n) is 4.00. The number of benzene rings is 2. The number of likely N-dealkylation sites (N-methyl/N-ethyl adjacent to an activating group) is 1. The van der Waals surface area contributed by atoms with Crippen molar-refractivity contribution >= 4 is 22.9 Å². The number of aromatic nitrogens is 2. The summed E-state index contributed by atoms with van der Waals surface area (Å²) in [5.41, 5.74) is 5.27. The van der Waals surface area contributed by atoms with Crippen LogP contribution in [0.1, 0.15) is 36.7 Å². The van der Waals surface area contributed by atoms with Crippen molar-refractivity contribution in [3.05, 3.63) is 58.8 Å². The lowest BCUT2D eigenvalue weighted by atomic mass is 10.1. The molecule has 1 aliphatic rings. The monoisotopic (exact) mass is 435 g/mol. The van der Waals surface area contributed by atoms with Crippen molar-refractivity contribution in [1.82, 2.24) is 14.7 Å². The lowest BCUT2D eigenvalue weighted by molar-refractivity contribution is -0.137. The molecule has 1 N–H and O–H groups in total. The van der Waals surface area contributed by atoms with Crippen LogP contribution in [0.15, 0.2) is 42.0 Å². The third-order valence-electron chi connectivity index (χ3n) is 5.49. The van der Waals surface area contributed by atoms with Crippen LogP contribution in [-0.2, 0) is 11.4 Å². The van der Waals surface area contributed by atoms with Crippen LogP contribution in [0.25, 0.3) is 17.0 Å². The largest absolute Gasteiger partial charge is 0.489 e. The van der Waals surface area contributed by atoms with Crippen molar-refractivity contribution in [3.8, 4) is 11.5 Å². The van der Waals surface area contributed by atoms with Gasteiger partial charge in [0.2, 0.25) is 0 Å². The number of rotatable bonds is 8. The van der Waals surface area contributed by atoms with E-state index in [-0.39, 0.29) is 6.54 Å². The number of aliphatic carboxylic acids is 1. The Morgan fingerprint density at radius 3 is 2.84 bits per heavy atom. The fourth-order valence-corrected chi connectivity index (χ4v) is 4.00. The predicted octanol–water partition coefficient (Wildman–Crippen LogP) is 4.30. The van der Waals surface area contributed by atoms with Crippen LogP contribution in [0.3, 0.4) is 0 Å². The number of aryl methyl sites for hydroxylation is 1. The van der Waals surface area contributed by atoms with Crippen LogP contribution < -0.4 is 9.47 Å². The molecule has 3 aromatic rings. The zero-order valence-electron chi connectivity index (χ0n) is 19.0. The Balaban J connectivity index is 1.43. The van der Waals surface area contributed by atoms with Gasteiger partial charge in [-0.25, -0.2) is 0 Å². The highest BCUT2D eigenvalue weighted by atomic mass is 16.5. The van der Waals surface area contributed by atoms with Gasteiger partial charge >= 0.3 is 5.97 Å². The molecule has 0 fully saturated rings. The summed E-state index contributed by atoms with van der Waals surface area (Å²) >= 11 is 0. The summed E-state index contributed by atoms with van der Waals surface area (Å²) in [6, 6.07) is 12.5. The second-order valence-corrected chi connectivity index (χ2v) is 8.62. The number of carbonyl (C=O) groups is 1. The molecule has 0 atom stereocenters. The summed E-state index contributed by atoms with van der Waals surface area (Å²) in [5, 5.41) is 14.7. The van der Waals surface area contributed by atoms with Gasteiger partial charge in [-0.05, 0) is 69.3 Å². The van der Waals surface area contributed by atoms with E-state index in [0.29, 0.717) is 25.8 Å². The summed E-state index contributed by atoms with van der Waals surface area (Å²) in [6.07, 6.45) is 2.06. The van der Waals surface area contributed by atoms with E-state index in [1.165, 1.54) is 0 Å². The average Bonchev–Trinajstić information content (AvgIpc) is 3.08. The quantitative estimate of drug-likeness (QED) is 0.569. The van der Waals surface area contributed by atoms with Crippen LogP contribution in [-0.4, -0.2) is 52.5 Å². The summed E-state index contributed by atoms with van der Waals surface area (Å²) in [6.45, 7) is 7.76. The third-order valence-corrected chi connectivity index (χ3v) is 5.49. The number of carboxylic acids is 1. The number of ether oxygens (including phenoxy) is 2. The zero-order valence-corrected chi connectivity index (χ0v) is 19.0. The summed E-state index contributed by atoms with van der Waals surface area (Å²) in [5.74, 6) is 0.685. The van der Waals surface area contributed by atoms with Crippen molar-refractivity contribution in [1.29, 1.82) is 0 Å². The van der Waals surface area contributed by atoms with E-state index in [1.807, 2.05) is 25.1 Å². The van der Waals surface area contributed by atoms with Crippen LogP contribution >= 0.6 is 0 Å². The first kappa shape index (κ1) is 21.9. The van der Waals surface area contributed by atoms with Gasteiger partial charge in [-0.1, -0.05) is 6.07 Å². The number of nitrogens with zero attached hydrogens (tertiary/aromatic N) is 3. The highest BCUT2D eigenvalue weighted by Gasteiger charge is 2.15. The number of hydrogen-bond acceptors (Lipinski definition) is 5. The number of hydrogen-bond donors (Lipinski definition) is 1.